The van der Waals surface area contributed by atoms with Crippen LogP contribution in [0.1, 0.15) is 18.7 Å². The van der Waals surface area contributed by atoms with E-state index < -0.39 is 6.10 Å². The van der Waals surface area contributed by atoms with E-state index in [1.54, 1.807) is 25.1 Å². The molecule has 1 heterocycles. The van der Waals surface area contributed by atoms with Crippen LogP contribution in [-0.2, 0) is 11.3 Å². The van der Waals surface area contributed by atoms with Crippen LogP contribution in [0.5, 0.6) is 5.75 Å². The molecule has 18 heavy (non-hydrogen) atoms. The van der Waals surface area contributed by atoms with Crippen molar-refractivity contribution >= 4 is 0 Å². The Morgan fingerprint density at radius 2 is 2.11 bits per heavy atom. The summed E-state index contributed by atoms with van der Waals surface area (Å²) in [5, 5.41) is 14.5. The fourth-order valence-corrected chi connectivity index (χ4v) is 1.66. The van der Waals surface area contributed by atoms with Crippen LogP contribution in [0.4, 0.5) is 0 Å². The van der Waals surface area contributed by atoms with Crippen molar-refractivity contribution in [3.63, 3.8) is 0 Å². The molecule has 0 saturated heterocycles. The van der Waals surface area contributed by atoms with E-state index in [0.717, 1.165) is 6.54 Å². The standard InChI is InChI=1S/C12H23N3O3/c1-9(17-4)12(16)11-10(18-5)8-13-15(11)7-6-14(2)3/h8-9,12,16H,6-7H2,1-5H3. The second kappa shape index (κ2) is 6.72. The zero-order valence-electron chi connectivity index (χ0n) is 11.8. The van der Waals surface area contributed by atoms with Crippen molar-refractivity contribution in [2.24, 2.45) is 0 Å². The molecule has 0 bridgehead atoms. The molecular formula is C12H23N3O3. The molecule has 0 amide bonds. The van der Waals surface area contributed by atoms with Gasteiger partial charge in [0.1, 0.15) is 11.8 Å². The molecule has 0 spiro atoms. The van der Waals surface area contributed by atoms with E-state index in [4.69, 9.17) is 9.47 Å². The molecule has 1 aromatic rings. The molecule has 2 unspecified atom stereocenters. The first-order valence-electron chi connectivity index (χ1n) is 5.96. The lowest BCUT2D eigenvalue weighted by molar-refractivity contribution is -0.00715. The summed E-state index contributed by atoms with van der Waals surface area (Å²) in [7, 11) is 7.13. The zero-order valence-corrected chi connectivity index (χ0v) is 11.8. The van der Waals surface area contributed by atoms with E-state index in [9.17, 15) is 5.11 Å². The smallest absolute Gasteiger partial charge is 0.162 e. The number of hydrogen-bond acceptors (Lipinski definition) is 5. The van der Waals surface area contributed by atoms with Gasteiger partial charge in [0.15, 0.2) is 5.75 Å². The second-order valence-corrected chi connectivity index (χ2v) is 4.51. The third kappa shape index (κ3) is 3.44. The van der Waals surface area contributed by atoms with Gasteiger partial charge in [-0.05, 0) is 21.0 Å². The molecule has 0 aromatic carbocycles. The minimum absolute atomic E-state index is 0.311. The lowest BCUT2D eigenvalue weighted by Gasteiger charge is -2.20. The Morgan fingerprint density at radius 3 is 2.61 bits per heavy atom. The van der Waals surface area contributed by atoms with Crippen molar-refractivity contribution in [2.75, 3.05) is 34.9 Å². The van der Waals surface area contributed by atoms with E-state index in [1.165, 1.54) is 0 Å². The van der Waals surface area contributed by atoms with Crippen molar-refractivity contribution in [3.05, 3.63) is 11.9 Å². The fourth-order valence-electron chi connectivity index (χ4n) is 1.66. The van der Waals surface area contributed by atoms with Crippen molar-refractivity contribution in [1.29, 1.82) is 0 Å². The highest BCUT2D eigenvalue weighted by Crippen LogP contribution is 2.28. The van der Waals surface area contributed by atoms with Crippen LogP contribution in [0.25, 0.3) is 0 Å². The van der Waals surface area contributed by atoms with Gasteiger partial charge >= 0.3 is 0 Å². The van der Waals surface area contributed by atoms with Gasteiger partial charge < -0.3 is 19.5 Å². The van der Waals surface area contributed by atoms with E-state index in [2.05, 4.69) is 10.00 Å². The SMILES string of the molecule is COc1cnn(CCN(C)C)c1C(O)C(C)OC. The van der Waals surface area contributed by atoms with Crippen molar-refractivity contribution in [2.45, 2.75) is 25.7 Å². The van der Waals surface area contributed by atoms with Gasteiger partial charge in [-0.1, -0.05) is 0 Å². The van der Waals surface area contributed by atoms with Gasteiger partial charge in [0.05, 0.1) is 26.0 Å². The quantitative estimate of drug-likeness (QED) is 0.772. The molecule has 6 heteroatoms. The molecule has 0 saturated carbocycles. The molecule has 1 N–H and O–H groups in total. The van der Waals surface area contributed by atoms with Crippen molar-refractivity contribution in [1.82, 2.24) is 14.7 Å². The monoisotopic (exact) mass is 257 g/mol. The Bertz CT molecular complexity index is 365. The Balaban J connectivity index is 2.94. The molecule has 0 aliphatic carbocycles. The minimum Gasteiger partial charge on any atom is -0.493 e. The fraction of sp³-hybridized carbons (Fsp3) is 0.750. The van der Waals surface area contributed by atoms with Gasteiger partial charge in [0, 0.05) is 13.7 Å². The van der Waals surface area contributed by atoms with E-state index >= 15 is 0 Å². The van der Waals surface area contributed by atoms with Crippen LogP contribution in [0, 0.1) is 0 Å². The van der Waals surface area contributed by atoms with Crippen LogP contribution < -0.4 is 4.74 Å². The van der Waals surface area contributed by atoms with Crippen LogP contribution in [-0.4, -0.2) is 60.8 Å². The van der Waals surface area contributed by atoms with E-state index in [1.807, 2.05) is 21.0 Å². The number of likely N-dealkylation sites (N-methyl/N-ethyl adjacent to an activating group) is 1. The van der Waals surface area contributed by atoms with Gasteiger partial charge in [-0.25, -0.2) is 0 Å². The molecule has 0 aliphatic rings. The number of methoxy groups -OCH3 is 2. The number of nitrogens with zero attached hydrogens (tertiary/aromatic N) is 3. The van der Waals surface area contributed by atoms with Crippen LogP contribution >= 0.6 is 0 Å². The van der Waals surface area contributed by atoms with Crippen LogP contribution in [0.3, 0.4) is 0 Å². The maximum Gasteiger partial charge on any atom is 0.162 e. The summed E-state index contributed by atoms with van der Waals surface area (Å²) in [6.45, 7) is 3.35. The number of aliphatic hydroxyl groups is 1. The molecular weight excluding hydrogens is 234 g/mol. The number of ether oxygens (including phenoxy) is 2. The largest absolute Gasteiger partial charge is 0.493 e. The molecule has 0 radical (unpaired) electrons. The predicted molar refractivity (Wildman–Crippen MR) is 68.8 cm³/mol. The average molecular weight is 257 g/mol. The Hall–Kier alpha value is -1.11. The van der Waals surface area contributed by atoms with Gasteiger partial charge in [0.2, 0.25) is 0 Å². The first-order chi connectivity index (χ1) is 8.51. The minimum atomic E-state index is -0.755. The summed E-state index contributed by atoms with van der Waals surface area (Å²) in [6, 6.07) is 0. The normalized spacial score (nSPS) is 14.8. The van der Waals surface area contributed by atoms with E-state index in [0.29, 0.717) is 18.0 Å². The third-order valence-electron chi connectivity index (χ3n) is 2.92. The summed E-state index contributed by atoms with van der Waals surface area (Å²) in [5.74, 6) is 0.588. The Kier molecular flexibility index (Phi) is 5.58. The maximum absolute atomic E-state index is 10.3. The topological polar surface area (TPSA) is 59.8 Å². The first kappa shape index (κ1) is 14.9. The van der Waals surface area contributed by atoms with Crippen molar-refractivity contribution in [3.8, 4) is 5.75 Å². The van der Waals surface area contributed by atoms with Crippen LogP contribution in [0.15, 0.2) is 6.20 Å². The molecule has 0 aliphatic heterocycles. The highest BCUT2D eigenvalue weighted by molar-refractivity contribution is 5.28. The number of aliphatic hydroxyl groups excluding tert-OH is 1. The Labute approximate surface area is 108 Å². The Morgan fingerprint density at radius 1 is 1.44 bits per heavy atom. The summed E-state index contributed by atoms with van der Waals surface area (Å²) in [5.41, 5.74) is 0.661. The molecule has 104 valence electrons. The number of aromatic nitrogens is 2. The first-order valence-corrected chi connectivity index (χ1v) is 5.96. The summed E-state index contributed by atoms with van der Waals surface area (Å²) < 4.78 is 12.2. The van der Waals surface area contributed by atoms with Crippen LogP contribution in [0.2, 0.25) is 0 Å². The predicted octanol–water partition coefficient (Wildman–Crippen LogP) is 0.522. The zero-order chi connectivity index (χ0) is 13.7. The highest BCUT2D eigenvalue weighted by Gasteiger charge is 2.24. The molecule has 1 rings (SSSR count). The summed E-state index contributed by atoms with van der Waals surface area (Å²) in [6.07, 6.45) is 0.555. The summed E-state index contributed by atoms with van der Waals surface area (Å²) >= 11 is 0. The van der Waals surface area contributed by atoms with Gasteiger partial charge in [-0.15, -0.1) is 0 Å². The molecule has 0 fully saturated rings. The van der Waals surface area contributed by atoms with Crippen molar-refractivity contribution < 1.29 is 14.6 Å². The molecule has 6 nitrogen and oxygen atoms in total. The van der Waals surface area contributed by atoms with Gasteiger partial charge in [-0.2, -0.15) is 5.10 Å². The molecule has 1 aromatic heterocycles. The lowest BCUT2D eigenvalue weighted by atomic mass is 10.1. The van der Waals surface area contributed by atoms with E-state index in [-0.39, 0.29) is 6.10 Å². The molecule has 2 atom stereocenters. The second-order valence-electron chi connectivity index (χ2n) is 4.51. The number of rotatable bonds is 7. The average Bonchev–Trinajstić information content (AvgIpc) is 2.77. The third-order valence-corrected chi connectivity index (χ3v) is 2.92. The highest BCUT2D eigenvalue weighted by atomic mass is 16.5. The maximum atomic E-state index is 10.3. The lowest BCUT2D eigenvalue weighted by Crippen LogP contribution is -2.24. The van der Waals surface area contributed by atoms with Gasteiger partial charge in [-0.3, -0.25) is 4.68 Å². The summed E-state index contributed by atoms with van der Waals surface area (Å²) in [4.78, 5) is 2.06. The van der Waals surface area contributed by atoms with Gasteiger partial charge in [0.25, 0.3) is 0 Å². The number of hydrogen-bond donors (Lipinski definition) is 1.